The SMILES string of the molecule is Nc1cc(-c2ccc3c(Br)c[nH]c3c2)on1. The van der Waals surface area contributed by atoms with E-state index >= 15 is 0 Å². The number of benzene rings is 1. The number of aromatic amines is 1. The van der Waals surface area contributed by atoms with Crippen molar-refractivity contribution in [2.45, 2.75) is 0 Å². The van der Waals surface area contributed by atoms with Crippen molar-refractivity contribution >= 4 is 32.7 Å². The molecule has 3 N–H and O–H groups in total. The van der Waals surface area contributed by atoms with E-state index in [1.54, 1.807) is 6.07 Å². The fourth-order valence-electron chi connectivity index (χ4n) is 1.67. The minimum absolute atomic E-state index is 0.391. The molecular weight excluding hydrogens is 270 g/mol. The van der Waals surface area contributed by atoms with Crippen LogP contribution in [0.25, 0.3) is 22.2 Å². The van der Waals surface area contributed by atoms with E-state index in [0.29, 0.717) is 11.6 Å². The first-order chi connectivity index (χ1) is 7.74. The summed E-state index contributed by atoms with van der Waals surface area (Å²) in [5.74, 6) is 1.06. The van der Waals surface area contributed by atoms with Gasteiger partial charge in [0.05, 0.1) is 0 Å². The Morgan fingerprint density at radius 1 is 1.31 bits per heavy atom. The third-order valence-corrected chi connectivity index (χ3v) is 3.10. The smallest absolute Gasteiger partial charge is 0.169 e. The molecule has 0 saturated heterocycles. The lowest BCUT2D eigenvalue weighted by molar-refractivity contribution is 0.436. The Balaban J connectivity index is 2.18. The molecule has 0 aliphatic heterocycles. The van der Waals surface area contributed by atoms with Crippen molar-refractivity contribution in [3.05, 3.63) is 34.9 Å². The molecule has 0 aliphatic carbocycles. The highest BCUT2D eigenvalue weighted by atomic mass is 79.9. The van der Waals surface area contributed by atoms with Gasteiger partial charge >= 0.3 is 0 Å². The van der Waals surface area contributed by atoms with Crippen molar-refractivity contribution in [3.8, 4) is 11.3 Å². The summed E-state index contributed by atoms with van der Waals surface area (Å²) >= 11 is 3.46. The van der Waals surface area contributed by atoms with Crippen LogP contribution in [0.2, 0.25) is 0 Å². The van der Waals surface area contributed by atoms with Gasteiger partial charge in [-0.05, 0) is 22.0 Å². The van der Waals surface area contributed by atoms with E-state index in [2.05, 4.69) is 26.1 Å². The second-order valence-corrected chi connectivity index (χ2v) is 4.37. The molecule has 1 aromatic carbocycles. The van der Waals surface area contributed by atoms with E-state index in [0.717, 1.165) is 20.9 Å². The van der Waals surface area contributed by atoms with Gasteiger partial charge in [-0.2, -0.15) is 0 Å². The van der Waals surface area contributed by atoms with Crippen LogP contribution in [0.3, 0.4) is 0 Å². The maximum absolute atomic E-state index is 5.51. The number of hydrogen-bond donors (Lipinski definition) is 2. The summed E-state index contributed by atoms with van der Waals surface area (Å²) < 4.78 is 6.15. The highest BCUT2D eigenvalue weighted by Gasteiger charge is 2.07. The van der Waals surface area contributed by atoms with Crippen LogP contribution in [0.15, 0.2) is 39.5 Å². The topological polar surface area (TPSA) is 67.8 Å². The third kappa shape index (κ3) is 1.40. The number of rotatable bonds is 1. The van der Waals surface area contributed by atoms with Crippen LogP contribution in [0.5, 0.6) is 0 Å². The molecule has 0 amide bonds. The van der Waals surface area contributed by atoms with E-state index in [4.69, 9.17) is 10.3 Å². The Morgan fingerprint density at radius 2 is 2.19 bits per heavy atom. The molecule has 5 heteroatoms. The molecule has 3 rings (SSSR count). The molecule has 0 atom stereocenters. The number of halogens is 1. The number of nitrogens with two attached hydrogens (primary N) is 1. The highest BCUT2D eigenvalue weighted by molar-refractivity contribution is 9.10. The number of aromatic nitrogens is 2. The Hall–Kier alpha value is -1.75. The zero-order chi connectivity index (χ0) is 11.1. The number of H-pyrrole nitrogens is 1. The van der Waals surface area contributed by atoms with E-state index < -0.39 is 0 Å². The number of nitrogen functional groups attached to an aromatic ring is 1. The normalized spacial score (nSPS) is 11.1. The number of fused-ring (bicyclic) bond motifs is 1. The standard InChI is InChI=1S/C11H8BrN3O/c12-8-5-14-9-3-6(1-2-7(8)9)10-4-11(13)15-16-10/h1-5,14H,(H2,13,15). The highest BCUT2D eigenvalue weighted by Crippen LogP contribution is 2.28. The molecule has 0 aliphatic rings. The van der Waals surface area contributed by atoms with Crippen molar-refractivity contribution in [1.82, 2.24) is 10.1 Å². The lowest BCUT2D eigenvalue weighted by Gasteiger charge is -1.96. The maximum atomic E-state index is 5.51. The van der Waals surface area contributed by atoms with Gasteiger partial charge in [-0.1, -0.05) is 17.3 Å². The molecule has 0 saturated carbocycles. The first kappa shape index (κ1) is 9.47. The van der Waals surface area contributed by atoms with Crippen LogP contribution in [-0.2, 0) is 0 Å². The summed E-state index contributed by atoms with van der Waals surface area (Å²) in [7, 11) is 0. The molecule has 80 valence electrons. The predicted octanol–water partition coefficient (Wildman–Crippen LogP) is 3.17. The van der Waals surface area contributed by atoms with E-state index in [9.17, 15) is 0 Å². The van der Waals surface area contributed by atoms with Crippen molar-refractivity contribution in [2.24, 2.45) is 0 Å². The van der Waals surface area contributed by atoms with E-state index in [-0.39, 0.29) is 0 Å². The molecule has 2 heterocycles. The molecule has 16 heavy (non-hydrogen) atoms. The maximum Gasteiger partial charge on any atom is 0.169 e. The fourth-order valence-corrected chi connectivity index (χ4v) is 2.13. The average molecular weight is 278 g/mol. The second-order valence-electron chi connectivity index (χ2n) is 3.51. The van der Waals surface area contributed by atoms with Crippen LogP contribution in [0, 0.1) is 0 Å². The van der Waals surface area contributed by atoms with Crippen LogP contribution in [0.4, 0.5) is 5.82 Å². The van der Waals surface area contributed by atoms with Crippen molar-refractivity contribution in [2.75, 3.05) is 5.73 Å². The van der Waals surface area contributed by atoms with Gasteiger partial charge in [-0.25, -0.2) is 0 Å². The molecule has 2 aromatic heterocycles. The average Bonchev–Trinajstić information content (AvgIpc) is 2.86. The van der Waals surface area contributed by atoms with Gasteiger partial charge in [0.25, 0.3) is 0 Å². The summed E-state index contributed by atoms with van der Waals surface area (Å²) in [6.07, 6.45) is 1.91. The number of nitrogens with zero attached hydrogens (tertiary/aromatic N) is 1. The number of anilines is 1. The van der Waals surface area contributed by atoms with Crippen LogP contribution >= 0.6 is 15.9 Å². The van der Waals surface area contributed by atoms with Gasteiger partial charge in [0.1, 0.15) is 0 Å². The molecular formula is C11H8BrN3O. The zero-order valence-corrected chi connectivity index (χ0v) is 9.78. The van der Waals surface area contributed by atoms with Gasteiger partial charge in [-0.3, -0.25) is 0 Å². The largest absolute Gasteiger partial charge is 0.381 e. The van der Waals surface area contributed by atoms with Crippen LogP contribution in [-0.4, -0.2) is 10.1 Å². The van der Waals surface area contributed by atoms with Crippen molar-refractivity contribution in [1.29, 1.82) is 0 Å². The molecule has 0 fully saturated rings. The Labute approximate surface area is 99.6 Å². The van der Waals surface area contributed by atoms with Gasteiger partial charge in [0.2, 0.25) is 0 Å². The van der Waals surface area contributed by atoms with Gasteiger partial charge in [0.15, 0.2) is 11.6 Å². The molecule has 0 unspecified atom stereocenters. The molecule has 3 aromatic rings. The van der Waals surface area contributed by atoms with Gasteiger partial charge in [0, 0.05) is 33.2 Å². The monoisotopic (exact) mass is 277 g/mol. The zero-order valence-electron chi connectivity index (χ0n) is 8.20. The summed E-state index contributed by atoms with van der Waals surface area (Å²) in [6.45, 7) is 0. The minimum atomic E-state index is 0.391. The lowest BCUT2D eigenvalue weighted by Crippen LogP contribution is -1.80. The Kier molecular flexibility index (Phi) is 2.00. The Morgan fingerprint density at radius 3 is 2.94 bits per heavy atom. The Bertz CT molecular complexity index is 656. The fraction of sp³-hybridized carbons (Fsp3) is 0. The van der Waals surface area contributed by atoms with Crippen molar-refractivity contribution < 1.29 is 4.52 Å². The van der Waals surface area contributed by atoms with Gasteiger partial charge in [-0.15, -0.1) is 0 Å². The summed E-state index contributed by atoms with van der Waals surface area (Å²) in [4.78, 5) is 3.16. The first-order valence-corrected chi connectivity index (χ1v) is 5.52. The van der Waals surface area contributed by atoms with Crippen molar-refractivity contribution in [3.63, 3.8) is 0 Å². The second kappa shape index (κ2) is 3.38. The van der Waals surface area contributed by atoms with E-state index in [1.807, 2.05) is 24.4 Å². The lowest BCUT2D eigenvalue weighted by atomic mass is 10.1. The molecule has 0 radical (unpaired) electrons. The molecule has 0 bridgehead atoms. The summed E-state index contributed by atoms with van der Waals surface area (Å²) in [5, 5.41) is 4.80. The molecule has 4 nitrogen and oxygen atoms in total. The third-order valence-electron chi connectivity index (χ3n) is 2.44. The quantitative estimate of drug-likeness (QED) is 0.718. The predicted molar refractivity (Wildman–Crippen MR) is 65.9 cm³/mol. The summed E-state index contributed by atoms with van der Waals surface area (Å²) in [6, 6.07) is 7.70. The number of hydrogen-bond acceptors (Lipinski definition) is 3. The number of nitrogens with one attached hydrogen (secondary N) is 1. The van der Waals surface area contributed by atoms with E-state index in [1.165, 1.54) is 0 Å². The van der Waals surface area contributed by atoms with Crippen LogP contribution in [0.1, 0.15) is 0 Å². The summed E-state index contributed by atoms with van der Waals surface area (Å²) in [5.41, 5.74) is 7.50. The van der Waals surface area contributed by atoms with Gasteiger partial charge < -0.3 is 15.2 Å². The minimum Gasteiger partial charge on any atom is -0.381 e. The first-order valence-electron chi connectivity index (χ1n) is 4.73. The molecule has 0 spiro atoms. The van der Waals surface area contributed by atoms with Crippen LogP contribution < -0.4 is 5.73 Å².